The molecule has 26 heavy (non-hydrogen) atoms. The van der Waals surface area contributed by atoms with Crippen molar-refractivity contribution in [3.8, 4) is 5.88 Å². The van der Waals surface area contributed by atoms with Gasteiger partial charge in [-0.1, -0.05) is 24.3 Å². The summed E-state index contributed by atoms with van der Waals surface area (Å²) in [7, 11) is 0. The van der Waals surface area contributed by atoms with Gasteiger partial charge in [0.15, 0.2) is 0 Å². The molecule has 0 atom stereocenters. The van der Waals surface area contributed by atoms with Crippen LogP contribution < -0.4 is 4.74 Å². The highest BCUT2D eigenvalue weighted by molar-refractivity contribution is 5.27. The molecule has 1 aliphatic carbocycles. The fourth-order valence-electron chi connectivity index (χ4n) is 4.09. The first kappa shape index (κ1) is 17.5. The van der Waals surface area contributed by atoms with Crippen LogP contribution in [0.25, 0.3) is 0 Å². The molecule has 1 saturated carbocycles. The van der Waals surface area contributed by atoms with Crippen molar-refractivity contribution in [2.24, 2.45) is 5.92 Å². The van der Waals surface area contributed by atoms with E-state index in [-0.39, 0.29) is 0 Å². The summed E-state index contributed by atoms with van der Waals surface area (Å²) < 4.78 is 5.92. The highest BCUT2D eigenvalue weighted by Gasteiger charge is 2.31. The summed E-state index contributed by atoms with van der Waals surface area (Å²) in [6, 6.07) is 9.32. The van der Waals surface area contributed by atoms with E-state index in [2.05, 4.69) is 39.1 Å². The van der Waals surface area contributed by atoms with Crippen molar-refractivity contribution in [3.63, 3.8) is 0 Å². The van der Waals surface area contributed by atoms with Crippen LogP contribution in [0.3, 0.4) is 0 Å². The summed E-state index contributed by atoms with van der Waals surface area (Å²) in [5.41, 5.74) is 4.72. The minimum atomic E-state index is 0.631. The predicted molar refractivity (Wildman–Crippen MR) is 103 cm³/mol. The molecule has 4 heteroatoms. The molecule has 0 unspecified atom stereocenters. The molecule has 2 aromatic rings. The van der Waals surface area contributed by atoms with E-state index in [1.807, 2.05) is 13.8 Å². The largest absolute Gasteiger partial charge is 0.476 e. The average molecular weight is 351 g/mol. The SMILES string of the molecule is Cc1cnc(C)c(OCC2CC(c3ccc(CN4CCCC4)cc3)C2)n1. The Balaban J connectivity index is 1.24. The highest BCUT2D eigenvalue weighted by atomic mass is 16.5. The van der Waals surface area contributed by atoms with Crippen LogP contribution in [0.5, 0.6) is 5.88 Å². The molecule has 2 aliphatic rings. The minimum Gasteiger partial charge on any atom is -0.476 e. The van der Waals surface area contributed by atoms with Crippen LogP contribution in [-0.4, -0.2) is 34.6 Å². The number of nitrogens with zero attached hydrogens (tertiary/aromatic N) is 3. The van der Waals surface area contributed by atoms with Crippen LogP contribution in [0, 0.1) is 19.8 Å². The van der Waals surface area contributed by atoms with E-state index in [1.54, 1.807) is 6.20 Å². The topological polar surface area (TPSA) is 38.2 Å². The molecule has 2 heterocycles. The standard InChI is InChI=1S/C22H29N3O/c1-16-13-23-17(2)22(24-16)26-15-19-11-21(12-19)20-7-5-18(6-8-20)14-25-9-3-4-10-25/h5-8,13,19,21H,3-4,9-12,14-15H2,1-2H3. The van der Waals surface area contributed by atoms with Crippen molar-refractivity contribution in [1.82, 2.24) is 14.9 Å². The first-order valence-corrected chi connectivity index (χ1v) is 9.91. The summed E-state index contributed by atoms with van der Waals surface area (Å²) in [5.74, 6) is 2.01. The van der Waals surface area contributed by atoms with Crippen molar-refractivity contribution in [2.45, 2.75) is 52.0 Å². The quantitative estimate of drug-likeness (QED) is 0.779. The molecule has 0 radical (unpaired) electrons. The molecule has 0 spiro atoms. The third-order valence-corrected chi connectivity index (χ3v) is 5.78. The Labute approximate surface area is 156 Å². The molecular weight excluding hydrogens is 322 g/mol. The van der Waals surface area contributed by atoms with Crippen LogP contribution in [0.15, 0.2) is 30.5 Å². The average Bonchev–Trinajstić information content (AvgIpc) is 3.11. The Morgan fingerprint density at radius 2 is 1.81 bits per heavy atom. The highest BCUT2D eigenvalue weighted by Crippen LogP contribution is 2.41. The van der Waals surface area contributed by atoms with Crippen LogP contribution in [0.1, 0.15) is 54.1 Å². The Morgan fingerprint density at radius 3 is 2.54 bits per heavy atom. The summed E-state index contributed by atoms with van der Waals surface area (Å²) in [6.07, 6.45) is 6.93. The second-order valence-corrected chi connectivity index (χ2v) is 7.97. The molecule has 4 rings (SSSR count). The number of rotatable bonds is 6. The summed E-state index contributed by atoms with van der Waals surface area (Å²) in [4.78, 5) is 11.3. The van der Waals surface area contributed by atoms with Gasteiger partial charge in [-0.15, -0.1) is 0 Å². The normalized spacial score (nSPS) is 23.0. The Morgan fingerprint density at radius 1 is 1.08 bits per heavy atom. The molecule has 4 nitrogen and oxygen atoms in total. The number of ether oxygens (including phenoxy) is 1. The number of aromatic nitrogens is 2. The maximum absolute atomic E-state index is 5.92. The van der Waals surface area contributed by atoms with E-state index in [0.717, 1.165) is 24.5 Å². The Kier molecular flexibility index (Phi) is 5.21. The zero-order valence-electron chi connectivity index (χ0n) is 15.9. The van der Waals surface area contributed by atoms with Gasteiger partial charge in [0.1, 0.15) is 0 Å². The van der Waals surface area contributed by atoms with E-state index in [1.165, 1.54) is 49.9 Å². The maximum atomic E-state index is 5.92. The van der Waals surface area contributed by atoms with Crippen molar-refractivity contribution < 1.29 is 4.74 Å². The van der Waals surface area contributed by atoms with Crippen molar-refractivity contribution >= 4 is 0 Å². The van der Waals surface area contributed by atoms with Gasteiger partial charge in [0.05, 0.1) is 18.0 Å². The molecule has 1 aromatic heterocycles. The van der Waals surface area contributed by atoms with Gasteiger partial charge >= 0.3 is 0 Å². The van der Waals surface area contributed by atoms with E-state index in [9.17, 15) is 0 Å². The van der Waals surface area contributed by atoms with Gasteiger partial charge in [-0.05, 0) is 75.6 Å². The maximum Gasteiger partial charge on any atom is 0.235 e. The molecule has 1 aromatic carbocycles. The lowest BCUT2D eigenvalue weighted by atomic mass is 9.72. The van der Waals surface area contributed by atoms with Crippen molar-refractivity contribution in [2.75, 3.05) is 19.7 Å². The lowest BCUT2D eigenvalue weighted by molar-refractivity contribution is 0.152. The third kappa shape index (κ3) is 4.07. The molecule has 138 valence electrons. The zero-order valence-corrected chi connectivity index (χ0v) is 15.9. The fourth-order valence-corrected chi connectivity index (χ4v) is 4.09. The number of likely N-dealkylation sites (tertiary alicyclic amines) is 1. The lowest BCUT2D eigenvalue weighted by Gasteiger charge is -2.35. The number of benzene rings is 1. The smallest absolute Gasteiger partial charge is 0.235 e. The Bertz CT molecular complexity index is 732. The molecule has 0 amide bonds. The second-order valence-electron chi connectivity index (χ2n) is 7.97. The fraction of sp³-hybridized carbons (Fsp3) is 0.545. The van der Waals surface area contributed by atoms with E-state index in [0.29, 0.717) is 17.7 Å². The molecule has 0 N–H and O–H groups in total. The van der Waals surface area contributed by atoms with Gasteiger partial charge in [-0.3, -0.25) is 9.88 Å². The molecule has 2 fully saturated rings. The zero-order chi connectivity index (χ0) is 17.9. The minimum absolute atomic E-state index is 0.631. The second kappa shape index (κ2) is 7.75. The third-order valence-electron chi connectivity index (χ3n) is 5.78. The van der Waals surface area contributed by atoms with Crippen molar-refractivity contribution in [1.29, 1.82) is 0 Å². The number of hydrogen-bond acceptors (Lipinski definition) is 4. The molecule has 1 saturated heterocycles. The molecule has 0 bridgehead atoms. The van der Waals surface area contributed by atoms with Gasteiger partial charge in [-0.2, -0.15) is 0 Å². The van der Waals surface area contributed by atoms with E-state index >= 15 is 0 Å². The predicted octanol–water partition coefficient (Wildman–Crippen LogP) is 4.26. The lowest BCUT2D eigenvalue weighted by Crippen LogP contribution is -2.27. The van der Waals surface area contributed by atoms with Gasteiger partial charge in [0.2, 0.25) is 5.88 Å². The monoisotopic (exact) mass is 351 g/mol. The first-order chi connectivity index (χ1) is 12.7. The van der Waals surface area contributed by atoms with Crippen LogP contribution in [0.2, 0.25) is 0 Å². The van der Waals surface area contributed by atoms with E-state index < -0.39 is 0 Å². The van der Waals surface area contributed by atoms with Crippen LogP contribution >= 0.6 is 0 Å². The van der Waals surface area contributed by atoms with Gasteiger partial charge < -0.3 is 4.74 Å². The van der Waals surface area contributed by atoms with Crippen LogP contribution in [-0.2, 0) is 6.54 Å². The first-order valence-electron chi connectivity index (χ1n) is 9.91. The van der Waals surface area contributed by atoms with Crippen molar-refractivity contribution in [3.05, 3.63) is 53.0 Å². The number of aryl methyl sites for hydroxylation is 2. The summed E-state index contributed by atoms with van der Waals surface area (Å²) in [6.45, 7) is 8.29. The number of hydrogen-bond donors (Lipinski definition) is 0. The Hall–Kier alpha value is -1.94. The van der Waals surface area contributed by atoms with Gasteiger partial charge in [0.25, 0.3) is 0 Å². The molecular formula is C22H29N3O. The summed E-state index contributed by atoms with van der Waals surface area (Å²) in [5, 5.41) is 0. The van der Waals surface area contributed by atoms with Crippen LogP contribution in [0.4, 0.5) is 0 Å². The van der Waals surface area contributed by atoms with Gasteiger partial charge in [-0.25, -0.2) is 4.98 Å². The summed E-state index contributed by atoms with van der Waals surface area (Å²) >= 11 is 0. The van der Waals surface area contributed by atoms with Gasteiger partial charge in [0, 0.05) is 12.7 Å². The van der Waals surface area contributed by atoms with E-state index in [4.69, 9.17) is 4.74 Å². The molecule has 1 aliphatic heterocycles.